The number of anilines is 2. The average molecular weight is 361 g/mol. The number of thiophene rings is 1. The molecule has 4 N–H and O–H groups in total. The maximum absolute atomic E-state index is 6.23. The van der Waals surface area contributed by atoms with Gasteiger partial charge in [0.05, 0.1) is 5.69 Å². The van der Waals surface area contributed by atoms with E-state index in [1.165, 1.54) is 0 Å². The molecule has 26 heavy (non-hydrogen) atoms. The van der Waals surface area contributed by atoms with Crippen LogP contribution in [0, 0.1) is 0 Å². The lowest BCUT2D eigenvalue weighted by atomic mass is 9.97. The molecule has 0 saturated carbocycles. The molecule has 4 aromatic rings. The van der Waals surface area contributed by atoms with Crippen molar-refractivity contribution in [3.8, 4) is 33.9 Å². The molecule has 0 spiro atoms. The number of nitrogens with two attached hydrogens (primary N) is 2. The fourth-order valence-corrected chi connectivity index (χ4v) is 4.19. The highest BCUT2D eigenvalue weighted by atomic mass is 32.1. The summed E-state index contributed by atoms with van der Waals surface area (Å²) in [6, 6.07) is 15.6. The predicted octanol–water partition coefficient (Wildman–Crippen LogP) is 4.52. The van der Waals surface area contributed by atoms with Gasteiger partial charge in [-0.05, 0) is 41.3 Å². The number of hydrogen-bond acceptors (Lipinski definition) is 6. The molecule has 6 heteroatoms. The quantitative estimate of drug-likeness (QED) is 0.513. The van der Waals surface area contributed by atoms with Crippen molar-refractivity contribution in [2.45, 2.75) is 0 Å². The van der Waals surface area contributed by atoms with Gasteiger partial charge in [-0.25, -0.2) is 4.98 Å². The molecule has 3 heterocycles. The minimum Gasteiger partial charge on any atom is -0.454 e. The van der Waals surface area contributed by atoms with Gasteiger partial charge in [0.1, 0.15) is 5.82 Å². The Morgan fingerprint density at radius 1 is 0.885 bits per heavy atom. The normalized spacial score (nSPS) is 12.6. The van der Waals surface area contributed by atoms with Crippen LogP contribution >= 0.6 is 11.3 Å². The standard InChI is InChI=1S/C20H15N3O2S/c21-13-4-1-11(2-5-13)18-17(19-14(7-8-26-19)20(22)23-18)12-3-6-15-16(9-12)25-10-24-15/h1-9H,10,21H2,(H2,22,23). The van der Waals surface area contributed by atoms with Gasteiger partial charge in [0.15, 0.2) is 11.5 Å². The van der Waals surface area contributed by atoms with E-state index < -0.39 is 0 Å². The lowest BCUT2D eigenvalue weighted by molar-refractivity contribution is 0.174. The number of nitrogens with zero attached hydrogens (tertiary/aromatic N) is 1. The zero-order valence-corrected chi connectivity index (χ0v) is 14.5. The van der Waals surface area contributed by atoms with Gasteiger partial charge in [-0.1, -0.05) is 18.2 Å². The van der Waals surface area contributed by atoms with Crippen molar-refractivity contribution in [3.05, 3.63) is 53.9 Å². The fraction of sp³-hybridized carbons (Fsp3) is 0.0500. The van der Waals surface area contributed by atoms with E-state index >= 15 is 0 Å². The van der Waals surface area contributed by atoms with Crippen molar-refractivity contribution in [2.24, 2.45) is 0 Å². The molecule has 0 fully saturated rings. The Labute approximate surface area is 153 Å². The van der Waals surface area contributed by atoms with Gasteiger partial charge in [0, 0.05) is 26.9 Å². The number of benzene rings is 2. The number of pyridine rings is 1. The van der Waals surface area contributed by atoms with Crippen LogP contribution in [0.2, 0.25) is 0 Å². The summed E-state index contributed by atoms with van der Waals surface area (Å²) in [6.45, 7) is 0.248. The molecule has 0 unspecified atom stereocenters. The first-order valence-electron chi connectivity index (χ1n) is 8.13. The minimum absolute atomic E-state index is 0.248. The van der Waals surface area contributed by atoms with E-state index in [2.05, 4.69) is 0 Å². The summed E-state index contributed by atoms with van der Waals surface area (Å²) >= 11 is 1.65. The van der Waals surface area contributed by atoms with Crippen LogP contribution < -0.4 is 20.9 Å². The van der Waals surface area contributed by atoms with Gasteiger partial charge in [-0.15, -0.1) is 11.3 Å². The van der Waals surface area contributed by atoms with Crippen molar-refractivity contribution in [1.82, 2.24) is 4.98 Å². The number of fused-ring (bicyclic) bond motifs is 2. The third kappa shape index (κ3) is 2.27. The molecular weight excluding hydrogens is 346 g/mol. The van der Waals surface area contributed by atoms with Crippen LogP contribution in [0.5, 0.6) is 11.5 Å². The van der Waals surface area contributed by atoms with E-state index in [9.17, 15) is 0 Å². The number of ether oxygens (including phenoxy) is 2. The third-order valence-corrected chi connectivity index (χ3v) is 5.41. The molecule has 5 nitrogen and oxygen atoms in total. The number of rotatable bonds is 2. The van der Waals surface area contributed by atoms with Crippen LogP contribution in [0.15, 0.2) is 53.9 Å². The molecule has 0 amide bonds. The van der Waals surface area contributed by atoms with Gasteiger partial charge in [-0.2, -0.15) is 0 Å². The molecule has 1 aliphatic heterocycles. The van der Waals surface area contributed by atoms with Gasteiger partial charge in [-0.3, -0.25) is 0 Å². The largest absolute Gasteiger partial charge is 0.454 e. The molecular formula is C20H15N3O2S. The summed E-state index contributed by atoms with van der Waals surface area (Å²) in [7, 11) is 0. The number of hydrogen-bond donors (Lipinski definition) is 2. The Morgan fingerprint density at radius 2 is 1.65 bits per heavy atom. The zero-order chi connectivity index (χ0) is 17.7. The van der Waals surface area contributed by atoms with Gasteiger partial charge >= 0.3 is 0 Å². The van der Waals surface area contributed by atoms with E-state index in [1.807, 2.05) is 53.9 Å². The summed E-state index contributed by atoms with van der Waals surface area (Å²) in [5, 5.41) is 2.99. The van der Waals surface area contributed by atoms with Crippen molar-refractivity contribution in [2.75, 3.05) is 18.3 Å². The van der Waals surface area contributed by atoms with Crippen molar-refractivity contribution in [1.29, 1.82) is 0 Å². The number of aromatic nitrogens is 1. The Bertz CT molecular complexity index is 1140. The van der Waals surface area contributed by atoms with E-state index in [1.54, 1.807) is 11.3 Å². The molecule has 0 aliphatic carbocycles. The highest BCUT2D eigenvalue weighted by molar-refractivity contribution is 7.18. The average Bonchev–Trinajstić information content (AvgIpc) is 3.31. The van der Waals surface area contributed by atoms with Crippen LogP contribution in [-0.2, 0) is 0 Å². The van der Waals surface area contributed by atoms with E-state index in [0.717, 1.165) is 44.0 Å². The molecule has 1 aliphatic rings. The van der Waals surface area contributed by atoms with Crippen molar-refractivity contribution >= 4 is 32.9 Å². The van der Waals surface area contributed by atoms with Gasteiger partial charge in [0.25, 0.3) is 0 Å². The van der Waals surface area contributed by atoms with Gasteiger partial charge in [0.2, 0.25) is 6.79 Å². The summed E-state index contributed by atoms with van der Waals surface area (Å²) in [4.78, 5) is 4.71. The summed E-state index contributed by atoms with van der Waals surface area (Å²) in [5.74, 6) is 2.03. The van der Waals surface area contributed by atoms with Crippen LogP contribution in [-0.4, -0.2) is 11.8 Å². The SMILES string of the molecule is Nc1ccc(-c2nc(N)c3ccsc3c2-c2ccc3c(c2)OCO3)cc1. The van der Waals surface area contributed by atoms with Crippen molar-refractivity contribution < 1.29 is 9.47 Å². The highest BCUT2D eigenvalue weighted by Gasteiger charge is 2.20. The van der Waals surface area contributed by atoms with Crippen LogP contribution in [0.25, 0.3) is 32.5 Å². The first-order chi connectivity index (χ1) is 12.7. The second kappa shape index (κ2) is 5.64. The lowest BCUT2D eigenvalue weighted by Gasteiger charge is -2.13. The topological polar surface area (TPSA) is 83.4 Å². The molecule has 0 bridgehead atoms. The molecule has 2 aromatic heterocycles. The van der Waals surface area contributed by atoms with Crippen LogP contribution in [0.3, 0.4) is 0 Å². The minimum atomic E-state index is 0.248. The first-order valence-corrected chi connectivity index (χ1v) is 9.01. The molecule has 128 valence electrons. The van der Waals surface area contributed by atoms with Gasteiger partial charge < -0.3 is 20.9 Å². The Morgan fingerprint density at radius 3 is 2.50 bits per heavy atom. The Balaban J connectivity index is 1.82. The maximum Gasteiger partial charge on any atom is 0.231 e. The highest BCUT2D eigenvalue weighted by Crippen LogP contribution is 2.44. The van der Waals surface area contributed by atoms with E-state index in [-0.39, 0.29) is 6.79 Å². The van der Waals surface area contributed by atoms with Crippen LogP contribution in [0.1, 0.15) is 0 Å². The fourth-order valence-electron chi connectivity index (χ4n) is 3.22. The maximum atomic E-state index is 6.23. The van der Waals surface area contributed by atoms with E-state index in [0.29, 0.717) is 11.5 Å². The predicted molar refractivity (Wildman–Crippen MR) is 105 cm³/mol. The molecule has 5 rings (SSSR count). The third-order valence-electron chi connectivity index (χ3n) is 4.48. The van der Waals surface area contributed by atoms with Crippen LogP contribution in [0.4, 0.5) is 11.5 Å². The summed E-state index contributed by atoms with van der Waals surface area (Å²) in [6.07, 6.45) is 0. The monoisotopic (exact) mass is 361 g/mol. The first kappa shape index (κ1) is 15.0. The van der Waals surface area contributed by atoms with E-state index in [4.69, 9.17) is 25.9 Å². The Hall–Kier alpha value is -3.25. The smallest absolute Gasteiger partial charge is 0.231 e. The Kier molecular flexibility index (Phi) is 3.26. The molecule has 2 aromatic carbocycles. The second-order valence-electron chi connectivity index (χ2n) is 6.07. The summed E-state index contributed by atoms with van der Waals surface area (Å²) in [5.41, 5.74) is 16.6. The number of nitrogen functional groups attached to an aromatic ring is 2. The zero-order valence-electron chi connectivity index (χ0n) is 13.7. The summed E-state index contributed by atoms with van der Waals surface area (Å²) < 4.78 is 12.1. The lowest BCUT2D eigenvalue weighted by Crippen LogP contribution is -1.97. The second-order valence-corrected chi connectivity index (χ2v) is 6.99. The molecule has 0 radical (unpaired) electrons. The molecule has 0 saturated heterocycles. The molecule has 0 atom stereocenters. The van der Waals surface area contributed by atoms with Crippen molar-refractivity contribution in [3.63, 3.8) is 0 Å².